The molecule has 0 N–H and O–H groups in total. The van der Waals surface area contributed by atoms with Crippen LogP contribution in [0.4, 0.5) is 4.39 Å². The molecule has 2 heterocycles. The van der Waals surface area contributed by atoms with Gasteiger partial charge in [-0.25, -0.2) is 17.8 Å². The minimum absolute atomic E-state index is 0.172. The molecule has 1 saturated heterocycles. The molecule has 7 heteroatoms. The molecular weight excluding hydrogens is 343 g/mol. The number of hydrogen-bond acceptors (Lipinski definition) is 4. The third-order valence-electron chi connectivity index (χ3n) is 4.13. The topological polar surface area (TPSA) is 59.5 Å². The van der Waals surface area contributed by atoms with Crippen molar-refractivity contribution in [3.05, 3.63) is 66.5 Å². The highest BCUT2D eigenvalue weighted by molar-refractivity contribution is 7.89. The second-order valence-electron chi connectivity index (χ2n) is 5.83. The third-order valence-corrected chi connectivity index (χ3v) is 5.99. The van der Waals surface area contributed by atoms with Crippen LogP contribution in [0.15, 0.2) is 65.6 Å². The van der Waals surface area contributed by atoms with Crippen molar-refractivity contribution in [1.29, 1.82) is 0 Å². The maximum atomic E-state index is 13.8. The number of nitrogens with zero attached hydrogens (tertiary/aromatic N) is 2. The van der Waals surface area contributed by atoms with E-state index >= 15 is 0 Å². The Morgan fingerprint density at radius 2 is 1.72 bits per heavy atom. The standard InChI is InChI=1S/C18H15FN2O3S/c19-15-6-2-4-8-17(15)25(22,23)21-11-14(12-21)24-18-10-9-13-5-1-3-7-16(13)20-18/h1-10,14H,11-12H2. The van der Waals surface area contributed by atoms with Gasteiger partial charge in [0.25, 0.3) is 0 Å². The molecule has 1 aromatic heterocycles. The van der Waals surface area contributed by atoms with Crippen LogP contribution in [0.3, 0.4) is 0 Å². The SMILES string of the molecule is O=S(=O)(c1ccccc1F)N1CC(Oc2ccc3ccccc3n2)C1. The second kappa shape index (κ2) is 6.09. The first-order valence-corrected chi connectivity index (χ1v) is 9.25. The molecule has 5 nitrogen and oxygen atoms in total. The molecule has 0 unspecified atom stereocenters. The Kier molecular flexibility index (Phi) is 3.89. The lowest BCUT2D eigenvalue weighted by atomic mass is 10.2. The van der Waals surface area contributed by atoms with E-state index in [0.29, 0.717) is 5.88 Å². The highest BCUT2D eigenvalue weighted by Crippen LogP contribution is 2.26. The minimum atomic E-state index is -3.83. The number of para-hydroxylation sites is 1. The first-order chi connectivity index (χ1) is 12.0. The van der Waals surface area contributed by atoms with Crippen molar-refractivity contribution >= 4 is 20.9 Å². The zero-order chi connectivity index (χ0) is 17.4. The van der Waals surface area contributed by atoms with E-state index in [9.17, 15) is 12.8 Å². The summed E-state index contributed by atoms with van der Waals surface area (Å²) in [4.78, 5) is 4.10. The van der Waals surface area contributed by atoms with E-state index in [0.717, 1.165) is 17.0 Å². The molecule has 0 spiro atoms. The fraction of sp³-hybridized carbons (Fsp3) is 0.167. The average molecular weight is 358 g/mol. The van der Waals surface area contributed by atoms with Crippen molar-refractivity contribution in [3.8, 4) is 5.88 Å². The van der Waals surface area contributed by atoms with Crippen LogP contribution in [0.2, 0.25) is 0 Å². The highest BCUT2D eigenvalue weighted by Gasteiger charge is 2.39. The van der Waals surface area contributed by atoms with E-state index in [1.165, 1.54) is 22.5 Å². The summed E-state index contributed by atoms with van der Waals surface area (Å²) in [6, 6.07) is 16.7. The van der Waals surface area contributed by atoms with Gasteiger partial charge in [0, 0.05) is 11.5 Å². The maximum Gasteiger partial charge on any atom is 0.246 e. The molecule has 0 saturated carbocycles. The smallest absolute Gasteiger partial charge is 0.246 e. The number of fused-ring (bicyclic) bond motifs is 1. The monoisotopic (exact) mass is 358 g/mol. The Balaban J connectivity index is 1.45. The van der Waals surface area contributed by atoms with Crippen molar-refractivity contribution in [1.82, 2.24) is 9.29 Å². The molecule has 0 atom stereocenters. The third kappa shape index (κ3) is 2.96. The van der Waals surface area contributed by atoms with Gasteiger partial charge in [0.15, 0.2) is 0 Å². The van der Waals surface area contributed by atoms with Crippen molar-refractivity contribution in [2.24, 2.45) is 0 Å². The Labute approximate surface area is 144 Å². The normalized spacial score (nSPS) is 15.9. The number of sulfonamides is 1. The minimum Gasteiger partial charge on any atom is -0.472 e. The molecule has 4 rings (SSSR count). The molecule has 0 bridgehead atoms. The number of rotatable bonds is 4. The van der Waals surface area contributed by atoms with Crippen LogP contribution < -0.4 is 4.74 Å². The lowest BCUT2D eigenvalue weighted by Crippen LogP contribution is -2.56. The number of halogens is 1. The lowest BCUT2D eigenvalue weighted by Gasteiger charge is -2.37. The summed E-state index contributed by atoms with van der Waals surface area (Å²) >= 11 is 0. The Morgan fingerprint density at radius 3 is 2.52 bits per heavy atom. The number of benzene rings is 2. The molecule has 25 heavy (non-hydrogen) atoms. The van der Waals surface area contributed by atoms with Crippen molar-refractivity contribution in [3.63, 3.8) is 0 Å². The number of pyridine rings is 1. The summed E-state index contributed by atoms with van der Waals surface area (Å²) in [7, 11) is -3.83. The molecule has 1 aliphatic heterocycles. The summed E-state index contributed by atoms with van der Waals surface area (Å²) in [5.74, 6) is -0.297. The molecule has 1 aliphatic rings. The van der Waals surface area contributed by atoms with Gasteiger partial charge in [-0.1, -0.05) is 30.3 Å². The second-order valence-corrected chi connectivity index (χ2v) is 7.74. The fourth-order valence-corrected chi connectivity index (χ4v) is 4.32. The van der Waals surface area contributed by atoms with Crippen LogP contribution in [0.25, 0.3) is 10.9 Å². The summed E-state index contributed by atoms with van der Waals surface area (Å²) < 4.78 is 45.5. The summed E-state index contributed by atoms with van der Waals surface area (Å²) in [5, 5.41) is 1.01. The fourth-order valence-electron chi connectivity index (χ4n) is 2.75. The van der Waals surface area contributed by atoms with Crippen molar-refractivity contribution in [2.45, 2.75) is 11.0 Å². The van der Waals surface area contributed by atoms with E-state index in [2.05, 4.69) is 4.98 Å². The van der Waals surface area contributed by atoms with Crippen LogP contribution in [0.1, 0.15) is 0 Å². The predicted molar refractivity (Wildman–Crippen MR) is 91.3 cm³/mol. The molecule has 0 aliphatic carbocycles. The van der Waals surface area contributed by atoms with Crippen LogP contribution in [0.5, 0.6) is 5.88 Å². The first kappa shape index (κ1) is 16.0. The zero-order valence-electron chi connectivity index (χ0n) is 13.2. The van der Waals surface area contributed by atoms with Gasteiger partial charge in [-0.05, 0) is 24.3 Å². The molecule has 0 amide bonds. The van der Waals surface area contributed by atoms with Gasteiger partial charge >= 0.3 is 0 Å². The highest BCUT2D eigenvalue weighted by atomic mass is 32.2. The Bertz CT molecular complexity index is 1030. The van der Waals surface area contributed by atoms with Crippen molar-refractivity contribution in [2.75, 3.05) is 13.1 Å². The van der Waals surface area contributed by atoms with Gasteiger partial charge in [-0.3, -0.25) is 0 Å². The summed E-state index contributed by atoms with van der Waals surface area (Å²) in [6.45, 7) is 0.344. The lowest BCUT2D eigenvalue weighted by molar-refractivity contribution is 0.0722. The Hall–Kier alpha value is -2.51. The average Bonchev–Trinajstić information content (AvgIpc) is 2.57. The van der Waals surface area contributed by atoms with Gasteiger partial charge in [-0.15, -0.1) is 0 Å². The molecule has 2 aromatic carbocycles. The van der Waals surface area contributed by atoms with Gasteiger partial charge in [0.05, 0.1) is 18.6 Å². The van der Waals surface area contributed by atoms with E-state index in [1.54, 1.807) is 6.07 Å². The van der Waals surface area contributed by atoms with Gasteiger partial charge in [-0.2, -0.15) is 4.31 Å². The van der Waals surface area contributed by atoms with Crippen LogP contribution in [-0.2, 0) is 10.0 Å². The summed E-state index contributed by atoms with van der Waals surface area (Å²) in [5.41, 5.74) is 0.815. The van der Waals surface area contributed by atoms with Gasteiger partial charge < -0.3 is 4.74 Å². The Morgan fingerprint density at radius 1 is 1.00 bits per heavy atom. The van der Waals surface area contributed by atoms with E-state index in [1.807, 2.05) is 30.3 Å². The van der Waals surface area contributed by atoms with Crippen LogP contribution in [-0.4, -0.2) is 36.9 Å². The van der Waals surface area contributed by atoms with E-state index in [4.69, 9.17) is 4.74 Å². The largest absolute Gasteiger partial charge is 0.472 e. The summed E-state index contributed by atoms with van der Waals surface area (Å²) in [6.07, 6.45) is -0.296. The van der Waals surface area contributed by atoms with E-state index in [-0.39, 0.29) is 24.1 Å². The number of hydrogen-bond donors (Lipinski definition) is 0. The molecule has 1 fully saturated rings. The van der Waals surface area contributed by atoms with Crippen LogP contribution in [0, 0.1) is 5.82 Å². The number of ether oxygens (including phenoxy) is 1. The molecule has 128 valence electrons. The molecule has 0 radical (unpaired) electrons. The zero-order valence-corrected chi connectivity index (χ0v) is 14.0. The molecule has 3 aromatic rings. The quantitative estimate of drug-likeness (QED) is 0.720. The van der Waals surface area contributed by atoms with Gasteiger partial charge in [0.2, 0.25) is 15.9 Å². The predicted octanol–water partition coefficient (Wildman–Crippen LogP) is 2.83. The number of aromatic nitrogens is 1. The molecular formula is C18H15FN2O3S. The maximum absolute atomic E-state index is 13.8. The van der Waals surface area contributed by atoms with E-state index < -0.39 is 15.8 Å². The van der Waals surface area contributed by atoms with Crippen molar-refractivity contribution < 1.29 is 17.5 Å². The van der Waals surface area contributed by atoms with Gasteiger partial charge in [0.1, 0.15) is 16.8 Å². The first-order valence-electron chi connectivity index (χ1n) is 7.81. The van der Waals surface area contributed by atoms with Crippen LogP contribution >= 0.6 is 0 Å².